The van der Waals surface area contributed by atoms with Crippen molar-refractivity contribution in [1.82, 2.24) is 10.6 Å². The maximum Gasteiger partial charge on any atom is 0.337 e. The molecule has 2 amide bonds. The summed E-state index contributed by atoms with van der Waals surface area (Å²) < 4.78 is 10.5. The van der Waals surface area contributed by atoms with Crippen LogP contribution in [0.15, 0.2) is 29.5 Å². The van der Waals surface area contributed by atoms with Crippen molar-refractivity contribution in [2.24, 2.45) is 0 Å². The molecule has 0 radical (unpaired) electrons. The first-order valence-corrected chi connectivity index (χ1v) is 8.60. The second kappa shape index (κ2) is 8.25. The number of rotatable bonds is 6. The largest absolute Gasteiger partial charge is 0.489 e. The van der Waals surface area contributed by atoms with Gasteiger partial charge in [0.05, 0.1) is 29.9 Å². The van der Waals surface area contributed by atoms with Gasteiger partial charge in [-0.3, -0.25) is 0 Å². The molecule has 0 saturated carbocycles. The van der Waals surface area contributed by atoms with Crippen LogP contribution in [0.1, 0.15) is 45.2 Å². The highest BCUT2D eigenvalue weighted by molar-refractivity contribution is 6.32. The van der Waals surface area contributed by atoms with Gasteiger partial charge in [0.2, 0.25) is 0 Å². The van der Waals surface area contributed by atoms with Crippen LogP contribution in [0, 0.1) is 0 Å². The van der Waals surface area contributed by atoms with E-state index in [1.165, 1.54) is 7.11 Å². The van der Waals surface area contributed by atoms with Crippen LogP contribution < -0.4 is 15.4 Å². The summed E-state index contributed by atoms with van der Waals surface area (Å²) in [4.78, 5) is 24.3. The molecular weight excluding hydrogens is 344 g/mol. The third kappa shape index (κ3) is 4.45. The number of allylic oxidation sites excluding steroid dienone is 1. The van der Waals surface area contributed by atoms with Crippen molar-refractivity contribution in [2.45, 2.75) is 45.8 Å². The predicted molar refractivity (Wildman–Crippen MR) is 95.6 cm³/mol. The summed E-state index contributed by atoms with van der Waals surface area (Å²) >= 11 is 6.30. The van der Waals surface area contributed by atoms with Crippen molar-refractivity contribution in [3.63, 3.8) is 0 Å². The number of hydrogen-bond donors (Lipinski definition) is 2. The van der Waals surface area contributed by atoms with Crippen LogP contribution in [-0.4, -0.2) is 25.2 Å². The molecule has 0 aromatic heterocycles. The molecule has 0 fully saturated rings. The standard InChI is InChI=1S/C18H23ClN2O4/c1-5-6-13-15(17(22)24-4)16(21-18(23)20-13)11-7-8-14(12(19)9-11)25-10(2)3/h7-10,16H,5-6H2,1-4H3,(H2,20,21,23). The number of urea groups is 1. The van der Waals surface area contributed by atoms with Gasteiger partial charge < -0.3 is 20.1 Å². The van der Waals surface area contributed by atoms with E-state index < -0.39 is 12.0 Å². The Morgan fingerprint density at radius 1 is 1.36 bits per heavy atom. The Balaban J connectivity index is 2.46. The van der Waals surface area contributed by atoms with E-state index in [0.717, 1.165) is 6.42 Å². The van der Waals surface area contributed by atoms with Crippen LogP contribution in [0.2, 0.25) is 5.02 Å². The highest BCUT2D eigenvalue weighted by atomic mass is 35.5. The van der Waals surface area contributed by atoms with Crippen molar-refractivity contribution < 1.29 is 19.1 Å². The Hall–Kier alpha value is -2.21. The summed E-state index contributed by atoms with van der Waals surface area (Å²) in [7, 11) is 1.32. The molecule has 0 spiro atoms. The van der Waals surface area contributed by atoms with Gasteiger partial charge in [0.15, 0.2) is 0 Å². The third-order valence-electron chi connectivity index (χ3n) is 3.71. The molecule has 7 heteroatoms. The Morgan fingerprint density at radius 2 is 2.08 bits per heavy atom. The number of carbonyl (C=O) groups is 2. The Morgan fingerprint density at radius 3 is 2.64 bits per heavy atom. The number of benzene rings is 1. The molecule has 2 rings (SSSR count). The van der Waals surface area contributed by atoms with Crippen molar-refractivity contribution in [3.05, 3.63) is 40.1 Å². The van der Waals surface area contributed by atoms with Crippen LogP contribution in [0.25, 0.3) is 0 Å². The van der Waals surface area contributed by atoms with Crippen LogP contribution in [-0.2, 0) is 9.53 Å². The minimum absolute atomic E-state index is 0.0105. The topological polar surface area (TPSA) is 76.7 Å². The summed E-state index contributed by atoms with van der Waals surface area (Å²) in [6.07, 6.45) is 1.34. The maximum atomic E-state index is 12.3. The summed E-state index contributed by atoms with van der Waals surface area (Å²) in [6.45, 7) is 5.79. The molecule has 1 heterocycles. The van der Waals surface area contributed by atoms with Crippen molar-refractivity contribution in [3.8, 4) is 5.75 Å². The molecule has 2 N–H and O–H groups in total. The molecule has 25 heavy (non-hydrogen) atoms. The van der Waals surface area contributed by atoms with Crippen molar-refractivity contribution >= 4 is 23.6 Å². The predicted octanol–water partition coefficient (Wildman–Crippen LogP) is 3.71. The quantitative estimate of drug-likeness (QED) is 0.752. The molecule has 0 saturated heterocycles. The summed E-state index contributed by atoms with van der Waals surface area (Å²) in [5.74, 6) is 0.0673. The number of nitrogens with one attached hydrogen (secondary N) is 2. The normalized spacial score (nSPS) is 17.2. The third-order valence-corrected chi connectivity index (χ3v) is 4.01. The molecule has 1 aliphatic rings. The number of hydrogen-bond acceptors (Lipinski definition) is 4. The smallest absolute Gasteiger partial charge is 0.337 e. The number of halogens is 1. The first-order chi connectivity index (χ1) is 11.9. The molecular formula is C18H23ClN2O4. The van der Waals surface area contributed by atoms with Gasteiger partial charge in [0, 0.05) is 5.70 Å². The van der Waals surface area contributed by atoms with E-state index >= 15 is 0 Å². The van der Waals surface area contributed by atoms with Crippen LogP contribution in [0.5, 0.6) is 5.75 Å². The number of amides is 2. The van der Waals surface area contributed by atoms with Crippen molar-refractivity contribution in [1.29, 1.82) is 0 Å². The minimum atomic E-state index is -0.631. The van der Waals surface area contributed by atoms with Gasteiger partial charge in [-0.1, -0.05) is 31.0 Å². The van der Waals surface area contributed by atoms with Gasteiger partial charge >= 0.3 is 12.0 Å². The first kappa shape index (κ1) is 19.1. The zero-order valence-electron chi connectivity index (χ0n) is 14.8. The molecule has 0 bridgehead atoms. The summed E-state index contributed by atoms with van der Waals surface area (Å²) in [5.41, 5.74) is 1.64. The van der Waals surface area contributed by atoms with Crippen LogP contribution in [0.4, 0.5) is 4.79 Å². The van der Waals surface area contributed by atoms with E-state index in [2.05, 4.69) is 10.6 Å². The van der Waals surface area contributed by atoms with E-state index in [-0.39, 0.29) is 12.1 Å². The highest BCUT2D eigenvalue weighted by Crippen LogP contribution is 2.34. The molecule has 0 aliphatic carbocycles. The summed E-state index contributed by atoms with van der Waals surface area (Å²) in [5, 5.41) is 5.89. The lowest BCUT2D eigenvalue weighted by Gasteiger charge is -2.29. The van der Waals surface area contributed by atoms with E-state index in [4.69, 9.17) is 21.1 Å². The van der Waals surface area contributed by atoms with Gasteiger partial charge in [-0.05, 0) is 38.0 Å². The fourth-order valence-electron chi connectivity index (χ4n) is 2.71. The average Bonchev–Trinajstić information content (AvgIpc) is 2.55. The SMILES string of the molecule is CCCC1=C(C(=O)OC)C(c2ccc(OC(C)C)c(Cl)c2)NC(=O)N1. The van der Waals surface area contributed by atoms with Crippen LogP contribution in [0.3, 0.4) is 0 Å². The van der Waals surface area contributed by atoms with E-state index in [1.54, 1.807) is 18.2 Å². The molecule has 1 aromatic rings. The van der Waals surface area contributed by atoms with Gasteiger partial charge in [0.1, 0.15) is 5.75 Å². The van der Waals surface area contributed by atoms with Crippen LogP contribution >= 0.6 is 11.6 Å². The van der Waals surface area contributed by atoms with E-state index in [1.807, 2.05) is 20.8 Å². The fourth-order valence-corrected chi connectivity index (χ4v) is 2.95. The van der Waals surface area contributed by atoms with Gasteiger partial charge in [-0.25, -0.2) is 9.59 Å². The molecule has 136 valence electrons. The number of methoxy groups -OCH3 is 1. The van der Waals surface area contributed by atoms with Gasteiger partial charge in [-0.2, -0.15) is 0 Å². The monoisotopic (exact) mass is 366 g/mol. The lowest BCUT2D eigenvalue weighted by Crippen LogP contribution is -2.45. The maximum absolute atomic E-state index is 12.3. The van der Waals surface area contributed by atoms with E-state index in [0.29, 0.717) is 34.0 Å². The zero-order chi connectivity index (χ0) is 18.6. The molecule has 1 aliphatic heterocycles. The molecule has 6 nitrogen and oxygen atoms in total. The summed E-state index contributed by atoms with van der Waals surface area (Å²) in [6, 6.07) is 4.22. The van der Waals surface area contributed by atoms with Crippen molar-refractivity contribution in [2.75, 3.05) is 7.11 Å². The lowest BCUT2D eigenvalue weighted by atomic mass is 9.94. The molecule has 1 unspecified atom stereocenters. The first-order valence-electron chi connectivity index (χ1n) is 8.22. The second-order valence-corrected chi connectivity index (χ2v) is 6.43. The highest BCUT2D eigenvalue weighted by Gasteiger charge is 2.33. The fraction of sp³-hybridized carbons (Fsp3) is 0.444. The van der Waals surface area contributed by atoms with Gasteiger partial charge in [-0.15, -0.1) is 0 Å². The molecule has 1 aromatic carbocycles. The zero-order valence-corrected chi connectivity index (χ0v) is 15.6. The average molecular weight is 367 g/mol. The molecule has 1 atom stereocenters. The Kier molecular flexibility index (Phi) is 6.31. The van der Waals surface area contributed by atoms with Gasteiger partial charge in [0.25, 0.3) is 0 Å². The van der Waals surface area contributed by atoms with E-state index in [9.17, 15) is 9.59 Å². The Bertz CT molecular complexity index is 700. The number of ether oxygens (including phenoxy) is 2. The Labute approximate surface area is 152 Å². The minimum Gasteiger partial charge on any atom is -0.489 e. The number of carbonyl (C=O) groups excluding carboxylic acids is 2. The lowest BCUT2D eigenvalue weighted by molar-refractivity contribution is -0.136. The number of esters is 1. The second-order valence-electron chi connectivity index (χ2n) is 6.02.